The smallest absolute Gasteiger partial charge is 0.261 e. The first-order valence-electron chi connectivity index (χ1n) is 8.20. The molecule has 1 heterocycles. The molecule has 4 nitrogen and oxygen atoms in total. The van der Waals surface area contributed by atoms with Crippen molar-refractivity contribution in [1.82, 2.24) is 4.90 Å². The molecule has 0 fully saturated rings. The molecule has 0 spiro atoms. The first kappa shape index (κ1) is 16.7. The fourth-order valence-corrected chi connectivity index (χ4v) is 2.84. The minimum Gasteiger partial charge on any atom is -0.385 e. The predicted octanol–water partition coefficient (Wildman–Crippen LogP) is 3.66. The van der Waals surface area contributed by atoms with E-state index in [0.717, 1.165) is 32.3 Å². The molecule has 0 saturated carbocycles. The number of benzene rings is 1. The summed E-state index contributed by atoms with van der Waals surface area (Å²) in [6, 6.07) is 7.07. The zero-order valence-corrected chi connectivity index (χ0v) is 13.3. The van der Waals surface area contributed by atoms with Crippen molar-refractivity contribution in [3.8, 4) is 0 Å². The van der Waals surface area contributed by atoms with Gasteiger partial charge in [0, 0.05) is 20.3 Å². The molecule has 0 N–H and O–H groups in total. The molecular weight excluding hydrogens is 278 g/mol. The van der Waals surface area contributed by atoms with E-state index in [0.29, 0.717) is 17.7 Å². The second-order valence-corrected chi connectivity index (χ2v) is 5.78. The molecular formula is C18H25NO3. The number of unbranched alkanes of at least 4 members (excludes halogenated alkanes) is 6. The fraction of sp³-hybridized carbons (Fsp3) is 0.556. The lowest BCUT2D eigenvalue weighted by molar-refractivity contribution is 0.0651. The molecule has 4 heteroatoms. The van der Waals surface area contributed by atoms with Crippen LogP contribution in [0.25, 0.3) is 0 Å². The third kappa shape index (κ3) is 4.17. The normalized spacial score (nSPS) is 13.8. The molecule has 1 aromatic carbocycles. The Balaban J connectivity index is 1.63. The van der Waals surface area contributed by atoms with E-state index in [9.17, 15) is 9.59 Å². The molecule has 2 amide bonds. The molecule has 0 radical (unpaired) electrons. The van der Waals surface area contributed by atoms with Gasteiger partial charge in [0.1, 0.15) is 0 Å². The molecule has 0 unspecified atom stereocenters. The SMILES string of the molecule is COCCCCCCCCCN1C(=O)c2ccccc2C1=O. The Bertz CT molecular complexity index is 478. The summed E-state index contributed by atoms with van der Waals surface area (Å²) in [6.45, 7) is 1.38. The lowest BCUT2D eigenvalue weighted by Gasteiger charge is -2.13. The number of fused-ring (bicyclic) bond motifs is 1. The van der Waals surface area contributed by atoms with Crippen molar-refractivity contribution in [2.45, 2.75) is 44.9 Å². The molecule has 0 atom stereocenters. The summed E-state index contributed by atoms with van der Waals surface area (Å²) < 4.78 is 5.02. The van der Waals surface area contributed by atoms with Crippen molar-refractivity contribution in [3.05, 3.63) is 35.4 Å². The van der Waals surface area contributed by atoms with Gasteiger partial charge in [0.25, 0.3) is 11.8 Å². The second kappa shape index (κ2) is 8.69. The molecule has 1 aliphatic heterocycles. The van der Waals surface area contributed by atoms with Crippen LogP contribution in [-0.4, -0.2) is 37.0 Å². The standard InChI is InChI=1S/C18H25NO3/c1-22-14-10-6-4-2-3-5-9-13-19-17(20)15-11-7-8-12-16(15)18(19)21/h7-8,11-12H,2-6,9-10,13-14H2,1H3. The predicted molar refractivity (Wildman–Crippen MR) is 86.0 cm³/mol. The maximum atomic E-state index is 12.2. The average Bonchev–Trinajstić information content (AvgIpc) is 2.78. The largest absolute Gasteiger partial charge is 0.385 e. The van der Waals surface area contributed by atoms with Crippen LogP contribution in [0, 0.1) is 0 Å². The van der Waals surface area contributed by atoms with Crippen LogP contribution >= 0.6 is 0 Å². The van der Waals surface area contributed by atoms with Crippen LogP contribution in [0.2, 0.25) is 0 Å². The van der Waals surface area contributed by atoms with Crippen LogP contribution < -0.4 is 0 Å². The van der Waals surface area contributed by atoms with Crippen molar-refractivity contribution < 1.29 is 14.3 Å². The number of imide groups is 1. The molecule has 0 aliphatic carbocycles. The Morgan fingerprint density at radius 3 is 1.86 bits per heavy atom. The van der Waals surface area contributed by atoms with Gasteiger partial charge in [0.05, 0.1) is 11.1 Å². The Kier molecular flexibility index (Phi) is 6.59. The summed E-state index contributed by atoms with van der Waals surface area (Å²) in [5, 5.41) is 0. The Labute approximate surface area is 132 Å². The number of amides is 2. The highest BCUT2D eigenvalue weighted by Gasteiger charge is 2.34. The fourth-order valence-electron chi connectivity index (χ4n) is 2.84. The van der Waals surface area contributed by atoms with Gasteiger partial charge in [-0.25, -0.2) is 0 Å². The first-order valence-corrected chi connectivity index (χ1v) is 8.20. The van der Waals surface area contributed by atoms with Gasteiger partial charge in [-0.1, -0.05) is 44.2 Å². The molecule has 120 valence electrons. The van der Waals surface area contributed by atoms with E-state index in [1.165, 1.54) is 24.2 Å². The third-order valence-electron chi connectivity index (χ3n) is 4.11. The Morgan fingerprint density at radius 2 is 1.32 bits per heavy atom. The van der Waals surface area contributed by atoms with Gasteiger partial charge in [-0.3, -0.25) is 14.5 Å². The van der Waals surface area contributed by atoms with Crippen LogP contribution in [0.3, 0.4) is 0 Å². The number of carbonyl (C=O) groups is 2. The van der Waals surface area contributed by atoms with Crippen LogP contribution in [0.4, 0.5) is 0 Å². The molecule has 0 aromatic heterocycles. The van der Waals surface area contributed by atoms with Crippen molar-refractivity contribution >= 4 is 11.8 Å². The van der Waals surface area contributed by atoms with E-state index in [2.05, 4.69) is 0 Å². The number of nitrogens with zero attached hydrogens (tertiary/aromatic N) is 1. The second-order valence-electron chi connectivity index (χ2n) is 5.78. The number of carbonyl (C=O) groups excluding carboxylic acids is 2. The zero-order chi connectivity index (χ0) is 15.8. The molecule has 1 aliphatic rings. The van der Waals surface area contributed by atoms with E-state index in [4.69, 9.17) is 4.74 Å². The van der Waals surface area contributed by atoms with Crippen molar-refractivity contribution in [1.29, 1.82) is 0 Å². The van der Waals surface area contributed by atoms with E-state index < -0.39 is 0 Å². The van der Waals surface area contributed by atoms with Gasteiger partial charge >= 0.3 is 0 Å². The van der Waals surface area contributed by atoms with Gasteiger partial charge in [0.2, 0.25) is 0 Å². The van der Waals surface area contributed by atoms with Crippen molar-refractivity contribution in [2.75, 3.05) is 20.3 Å². The quantitative estimate of drug-likeness (QED) is 0.489. The van der Waals surface area contributed by atoms with E-state index in [1.54, 1.807) is 31.4 Å². The van der Waals surface area contributed by atoms with Crippen molar-refractivity contribution in [3.63, 3.8) is 0 Å². The molecule has 0 saturated heterocycles. The summed E-state index contributed by atoms with van der Waals surface area (Å²) in [4.78, 5) is 25.7. The maximum Gasteiger partial charge on any atom is 0.261 e. The number of hydrogen-bond acceptors (Lipinski definition) is 3. The molecule has 2 rings (SSSR count). The Morgan fingerprint density at radius 1 is 0.818 bits per heavy atom. The van der Waals surface area contributed by atoms with Gasteiger partial charge in [-0.15, -0.1) is 0 Å². The average molecular weight is 303 g/mol. The highest BCUT2D eigenvalue weighted by atomic mass is 16.5. The third-order valence-corrected chi connectivity index (χ3v) is 4.11. The number of rotatable bonds is 10. The number of ether oxygens (including phenoxy) is 1. The van der Waals surface area contributed by atoms with Gasteiger partial charge in [-0.2, -0.15) is 0 Å². The summed E-state index contributed by atoms with van der Waals surface area (Å²) in [5.74, 6) is -0.277. The van der Waals surface area contributed by atoms with Crippen molar-refractivity contribution in [2.24, 2.45) is 0 Å². The monoisotopic (exact) mass is 303 g/mol. The highest BCUT2D eigenvalue weighted by Crippen LogP contribution is 2.22. The van der Waals surface area contributed by atoms with Gasteiger partial charge in [-0.05, 0) is 25.0 Å². The summed E-state index contributed by atoms with van der Waals surface area (Å²) in [6.07, 6.45) is 7.91. The zero-order valence-electron chi connectivity index (χ0n) is 13.3. The summed E-state index contributed by atoms with van der Waals surface area (Å²) in [7, 11) is 1.74. The van der Waals surface area contributed by atoms with Crippen LogP contribution in [-0.2, 0) is 4.74 Å². The van der Waals surface area contributed by atoms with E-state index in [1.807, 2.05) is 0 Å². The van der Waals surface area contributed by atoms with E-state index >= 15 is 0 Å². The molecule has 22 heavy (non-hydrogen) atoms. The summed E-state index contributed by atoms with van der Waals surface area (Å²) in [5.41, 5.74) is 1.09. The number of hydrogen-bond donors (Lipinski definition) is 0. The first-order chi connectivity index (χ1) is 10.8. The minimum absolute atomic E-state index is 0.139. The van der Waals surface area contributed by atoms with Gasteiger partial charge < -0.3 is 4.74 Å². The van der Waals surface area contributed by atoms with Crippen LogP contribution in [0.15, 0.2) is 24.3 Å². The lowest BCUT2D eigenvalue weighted by atomic mass is 10.1. The number of methoxy groups -OCH3 is 1. The highest BCUT2D eigenvalue weighted by molar-refractivity contribution is 6.21. The minimum atomic E-state index is -0.139. The van der Waals surface area contributed by atoms with Crippen LogP contribution in [0.1, 0.15) is 65.7 Å². The Hall–Kier alpha value is -1.68. The summed E-state index contributed by atoms with van der Waals surface area (Å²) >= 11 is 0. The lowest BCUT2D eigenvalue weighted by Crippen LogP contribution is -2.30. The molecule has 1 aromatic rings. The molecule has 0 bridgehead atoms. The van der Waals surface area contributed by atoms with E-state index in [-0.39, 0.29) is 11.8 Å². The maximum absolute atomic E-state index is 12.2. The van der Waals surface area contributed by atoms with Crippen LogP contribution in [0.5, 0.6) is 0 Å². The topological polar surface area (TPSA) is 46.6 Å². The van der Waals surface area contributed by atoms with Gasteiger partial charge in [0.15, 0.2) is 0 Å².